The highest BCUT2D eigenvalue weighted by molar-refractivity contribution is 6.02. The van der Waals surface area contributed by atoms with Gasteiger partial charge in [-0.3, -0.25) is 4.79 Å². The zero-order chi connectivity index (χ0) is 20.5. The first-order valence-corrected chi connectivity index (χ1v) is 9.73. The second kappa shape index (κ2) is 7.33. The summed E-state index contributed by atoms with van der Waals surface area (Å²) in [7, 11) is 0. The molecule has 0 saturated carbocycles. The number of hydrogen-bond acceptors (Lipinski definition) is 2. The number of fused-ring (bicyclic) bond motifs is 1. The maximum Gasteiger partial charge on any atom is 0.249 e. The van der Waals surface area contributed by atoms with Crippen LogP contribution in [-0.4, -0.2) is 15.3 Å². The molecule has 0 aliphatic rings. The summed E-state index contributed by atoms with van der Waals surface area (Å²) < 4.78 is 2.03. The predicted molar refractivity (Wildman–Crippen MR) is 120 cm³/mol. The van der Waals surface area contributed by atoms with E-state index < -0.39 is 5.91 Å². The molecular formula is C26H19N3O. The summed E-state index contributed by atoms with van der Waals surface area (Å²) in [5.41, 5.74) is 12.6. The van der Waals surface area contributed by atoms with Gasteiger partial charge in [-0.25, -0.2) is 4.98 Å². The van der Waals surface area contributed by atoms with Crippen LogP contribution in [0.4, 0.5) is 0 Å². The molecule has 0 unspecified atom stereocenters. The minimum absolute atomic E-state index is 0.455. The fourth-order valence-electron chi connectivity index (χ4n) is 3.77. The summed E-state index contributed by atoms with van der Waals surface area (Å²) in [6, 6.07) is 29.7. The first-order valence-electron chi connectivity index (χ1n) is 9.73. The Morgan fingerprint density at radius 2 is 1.33 bits per heavy atom. The van der Waals surface area contributed by atoms with Crippen LogP contribution in [0.25, 0.3) is 39.2 Å². The van der Waals surface area contributed by atoms with Crippen molar-refractivity contribution in [2.24, 2.45) is 5.73 Å². The van der Waals surface area contributed by atoms with Gasteiger partial charge in [0, 0.05) is 29.1 Å². The van der Waals surface area contributed by atoms with Gasteiger partial charge in [-0.2, -0.15) is 0 Å². The molecule has 144 valence electrons. The summed E-state index contributed by atoms with van der Waals surface area (Å²) in [6.45, 7) is 0. The van der Waals surface area contributed by atoms with Crippen LogP contribution in [-0.2, 0) is 0 Å². The highest BCUT2D eigenvalue weighted by Gasteiger charge is 2.16. The van der Waals surface area contributed by atoms with Crippen LogP contribution < -0.4 is 5.73 Å². The lowest BCUT2D eigenvalue weighted by Gasteiger charge is -2.11. The second-order valence-corrected chi connectivity index (χ2v) is 7.14. The Morgan fingerprint density at radius 3 is 2.03 bits per heavy atom. The number of rotatable bonds is 4. The molecule has 0 aliphatic carbocycles. The largest absolute Gasteiger partial charge is 0.366 e. The van der Waals surface area contributed by atoms with Crippen LogP contribution >= 0.6 is 0 Å². The van der Waals surface area contributed by atoms with E-state index in [1.807, 2.05) is 77.3 Å². The molecule has 2 heterocycles. The van der Waals surface area contributed by atoms with Crippen molar-refractivity contribution < 1.29 is 4.79 Å². The highest BCUT2D eigenvalue weighted by atomic mass is 16.1. The number of primary amides is 1. The summed E-state index contributed by atoms with van der Waals surface area (Å²) in [5.74, 6) is -0.455. The molecule has 2 aromatic heterocycles. The lowest BCUT2D eigenvalue weighted by molar-refractivity contribution is 0.100. The predicted octanol–water partition coefficient (Wildman–Crippen LogP) is 5.43. The molecule has 0 aliphatic heterocycles. The molecule has 2 N–H and O–H groups in total. The third-order valence-corrected chi connectivity index (χ3v) is 5.21. The molecule has 3 aromatic carbocycles. The van der Waals surface area contributed by atoms with Crippen molar-refractivity contribution in [2.75, 3.05) is 0 Å². The Kier molecular flexibility index (Phi) is 4.37. The van der Waals surface area contributed by atoms with E-state index in [2.05, 4.69) is 24.4 Å². The van der Waals surface area contributed by atoms with Gasteiger partial charge < -0.3 is 10.1 Å². The molecule has 0 saturated heterocycles. The fraction of sp³-hybridized carbons (Fsp3) is 0. The number of imidazole rings is 1. The number of amides is 1. The van der Waals surface area contributed by atoms with Crippen molar-refractivity contribution in [2.45, 2.75) is 0 Å². The van der Waals surface area contributed by atoms with E-state index in [4.69, 9.17) is 10.7 Å². The van der Waals surface area contributed by atoms with E-state index in [1.165, 1.54) is 0 Å². The monoisotopic (exact) mass is 389 g/mol. The van der Waals surface area contributed by atoms with Crippen LogP contribution in [0, 0.1) is 0 Å². The summed E-state index contributed by atoms with van der Waals surface area (Å²) >= 11 is 0. The van der Waals surface area contributed by atoms with Crippen LogP contribution in [0.3, 0.4) is 0 Å². The third kappa shape index (κ3) is 3.14. The van der Waals surface area contributed by atoms with E-state index in [0.717, 1.165) is 39.2 Å². The van der Waals surface area contributed by atoms with Gasteiger partial charge in [0.2, 0.25) is 5.91 Å². The minimum atomic E-state index is -0.455. The Labute approximate surface area is 174 Å². The number of aromatic nitrogens is 2. The smallest absolute Gasteiger partial charge is 0.249 e. The van der Waals surface area contributed by atoms with Crippen LogP contribution in [0.2, 0.25) is 0 Å². The first-order chi connectivity index (χ1) is 14.7. The van der Waals surface area contributed by atoms with Crippen molar-refractivity contribution in [3.8, 4) is 33.5 Å². The lowest BCUT2D eigenvalue weighted by Crippen LogP contribution is -2.12. The maximum absolute atomic E-state index is 12.1. The molecule has 30 heavy (non-hydrogen) atoms. The molecule has 0 radical (unpaired) electrons. The molecule has 4 nitrogen and oxygen atoms in total. The molecular weight excluding hydrogens is 370 g/mol. The number of carbonyl (C=O) groups excluding carboxylic acids is 1. The fourth-order valence-corrected chi connectivity index (χ4v) is 3.77. The lowest BCUT2D eigenvalue weighted by atomic mass is 9.97. The third-order valence-electron chi connectivity index (χ3n) is 5.21. The van der Waals surface area contributed by atoms with E-state index in [0.29, 0.717) is 5.56 Å². The number of pyridine rings is 1. The molecule has 0 atom stereocenters. The summed E-state index contributed by atoms with van der Waals surface area (Å²) in [4.78, 5) is 17.0. The Bertz CT molecular complexity index is 1360. The number of nitrogens with two attached hydrogens (primary N) is 1. The Balaban J connectivity index is 1.81. The Hall–Kier alpha value is -4.18. The topological polar surface area (TPSA) is 60.4 Å². The van der Waals surface area contributed by atoms with E-state index in [1.54, 1.807) is 6.07 Å². The number of hydrogen-bond donors (Lipinski definition) is 1. The molecule has 0 bridgehead atoms. The highest BCUT2D eigenvalue weighted by Crippen LogP contribution is 2.33. The zero-order valence-electron chi connectivity index (χ0n) is 16.2. The quantitative estimate of drug-likeness (QED) is 0.445. The molecule has 0 fully saturated rings. The van der Waals surface area contributed by atoms with Gasteiger partial charge in [0.25, 0.3) is 0 Å². The summed E-state index contributed by atoms with van der Waals surface area (Å²) in [6.07, 6.45) is 4.09. The number of carbonyl (C=O) groups is 1. The average Bonchev–Trinajstić information content (AvgIpc) is 3.24. The summed E-state index contributed by atoms with van der Waals surface area (Å²) in [5, 5.41) is 0. The van der Waals surface area contributed by atoms with Gasteiger partial charge in [0.05, 0.1) is 5.69 Å². The van der Waals surface area contributed by atoms with Gasteiger partial charge in [-0.1, -0.05) is 78.9 Å². The van der Waals surface area contributed by atoms with Gasteiger partial charge in [0.15, 0.2) is 0 Å². The van der Waals surface area contributed by atoms with Gasteiger partial charge in [-0.15, -0.1) is 0 Å². The second-order valence-electron chi connectivity index (χ2n) is 7.14. The zero-order valence-corrected chi connectivity index (χ0v) is 16.2. The first kappa shape index (κ1) is 17.9. The van der Waals surface area contributed by atoms with Crippen LogP contribution in [0.5, 0.6) is 0 Å². The molecule has 5 aromatic rings. The molecule has 0 spiro atoms. The van der Waals surface area contributed by atoms with Crippen molar-refractivity contribution in [3.05, 3.63) is 109 Å². The average molecular weight is 389 g/mol. The van der Waals surface area contributed by atoms with Crippen molar-refractivity contribution in [1.29, 1.82) is 0 Å². The minimum Gasteiger partial charge on any atom is -0.366 e. The molecule has 1 amide bonds. The van der Waals surface area contributed by atoms with E-state index in [9.17, 15) is 4.79 Å². The molecule has 4 heteroatoms. The van der Waals surface area contributed by atoms with Gasteiger partial charge in [-0.05, 0) is 28.8 Å². The van der Waals surface area contributed by atoms with Gasteiger partial charge in [0.1, 0.15) is 5.65 Å². The number of nitrogens with zero attached hydrogens (tertiary/aromatic N) is 2. The van der Waals surface area contributed by atoms with E-state index >= 15 is 0 Å². The Morgan fingerprint density at radius 1 is 0.700 bits per heavy atom. The van der Waals surface area contributed by atoms with Crippen LogP contribution in [0.15, 0.2) is 103 Å². The maximum atomic E-state index is 12.1. The van der Waals surface area contributed by atoms with Gasteiger partial charge >= 0.3 is 0 Å². The number of benzene rings is 3. The van der Waals surface area contributed by atoms with Crippen molar-refractivity contribution >= 4 is 11.6 Å². The van der Waals surface area contributed by atoms with Crippen molar-refractivity contribution in [3.63, 3.8) is 0 Å². The SMILES string of the molecule is NC(=O)c1ccccc1-c1cc(-c2ccccc2)cn2cc(-c3ccccc3)nc12. The van der Waals surface area contributed by atoms with Crippen molar-refractivity contribution in [1.82, 2.24) is 9.38 Å². The van der Waals surface area contributed by atoms with Crippen LogP contribution in [0.1, 0.15) is 10.4 Å². The van der Waals surface area contributed by atoms with E-state index in [-0.39, 0.29) is 0 Å². The normalized spacial score (nSPS) is 10.9. The molecule has 5 rings (SSSR count). The standard InChI is InChI=1S/C26H19N3O/c27-25(30)22-14-8-7-13-21(22)23-15-20(18-9-3-1-4-10-18)16-29-17-24(28-26(23)29)19-11-5-2-6-12-19/h1-17H,(H2,27,30).